The van der Waals surface area contributed by atoms with E-state index in [0.29, 0.717) is 4.90 Å². The van der Waals surface area contributed by atoms with Crippen LogP contribution in [-0.4, -0.2) is 8.42 Å². The molecule has 0 aliphatic carbocycles. The van der Waals surface area contributed by atoms with Crippen LogP contribution >= 0.6 is 11.3 Å². The Morgan fingerprint density at radius 1 is 1.10 bits per heavy atom. The minimum absolute atomic E-state index is 0.221. The van der Waals surface area contributed by atoms with Gasteiger partial charge in [0.25, 0.3) is 0 Å². The van der Waals surface area contributed by atoms with Gasteiger partial charge in [-0.05, 0) is 61.9 Å². The van der Waals surface area contributed by atoms with E-state index >= 15 is 0 Å². The van der Waals surface area contributed by atoms with E-state index in [1.54, 1.807) is 17.4 Å². The molecule has 1 unspecified atom stereocenters. The van der Waals surface area contributed by atoms with Gasteiger partial charge in [0.2, 0.25) is 10.0 Å². The van der Waals surface area contributed by atoms with Crippen LogP contribution in [0.25, 0.3) is 0 Å². The van der Waals surface area contributed by atoms with Crippen molar-refractivity contribution in [2.75, 3.05) is 0 Å². The first-order valence-electron chi connectivity index (χ1n) is 6.45. The Morgan fingerprint density at radius 2 is 1.75 bits per heavy atom. The molecule has 20 heavy (non-hydrogen) atoms. The Morgan fingerprint density at radius 3 is 2.35 bits per heavy atom. The molecule has 0 aliphatic heterocycles. The number of rotatable bonds is 4. The molecule has 0 bridgehead atoms. The zero-order valence-electron chi connectivity index (χ0n) is 12.1. The number of nitrogens with one attached hydrogen (secondary N) is 1. The quantitative estimate of drug-likeness (QED) is 0.935. The van der Waals surface area contributed by atoms with Crippen LogP contribution in [0.3, 0.4) is 0 Å². The van der Waals surface area contributed by atoms with Gasteiger partial charge in [-0.3, -0.25) is 0 Å². The second kappa shape index (κ2) is 5.68. The molecule has 2 rings (SSSR count). The fourth-order valence-electron chi connectivity index (χ4n) is 2.12. The molecule has 5 heteroatoms. The van der Waals surface area contributed by atoms with Gasteiger partial charge in [0.15, 0.2) is 0 Å². The van der Waals surface area contributed by atoms with Crippen LogP contribution in [0.15, 0.2) is 34.5 Å². The van der Waals surface area contributed by atoms with Crippen molar-refractivity contribution in [3.05, 3.63) is 51.2 Å². The molecule has 1 N–H and O–H groups in total. The number of thiophene rings is 1. The van der Waals surface area contributed by atoms with Crippen LogP contribution in [0.2, 0.25) is 0 Å². The Balaban J connectivity index is 2.34. The summed E-state index contributed by atoms with van der Waals surface area (Å²) in [7, 11) is -3.50. The topological polar surface area (TPSA) is 46.2 Å². The highest BCUT2D eigenvalue weighted by atomic mass is 32.2. The van der Waals surface area contributed by atoms with Crippen LogP contribution in [0.5, 0.6) is 0 Å². The molecule has 1 aromatic carbocycles. The lowest BCUT2D eigenvalue weighted by Crippen LogP contribution is -2.27. The third-order valence-electron chi connectivity index (χ3n) is 3.38. The summed E-state index contributed by atoms with van der Waals surface area (Å²) >= 11 is 1.55. The van der Waals surface area contributed by atoms with Gasteiger partial charge in [0.1, 0.15) is 0 Å². The van der Waals surface area contributed by atoms with Crippen molar-refractivity contribution in [1.29, 1.82) is 0 Å². The van der Waals surface area contributed by atoms with Crippen LogP contribution in [0.4, 0.5) is 0 Å². The zero-order chi connectivity index (χ0) is 14.9. The van der Waals surface area contributed by atoms with Crippen LogP contribution < -0.4 is 4.72 Å². The third-order valence-corrected chi connectivity index (χ3v) is 6.12. The van der Waals surface area contributed by atoms with Crippen molar-refractivity contribution in [3.8, 4) is 0 Å². The highest BCUT2D eigenvalue weighted by molar-refractivity contribution is 7.89. The summed E-state index contributed by atoms with van der Waals surface area (Å²) in [6.07, 6.45) is 0. The van der Waals surface area contributed by atoms with E-state index in [1.807, 2.05) is 51.3 Å². The maximum atomic E-state index is 12.5. The lowest BCUT2D eigenvalue weighted by molar-refractivity contribution is 0.568. The van der Waals surface area contributed by atoms with Crippen molar-refractivity contribution in [3.63, 3.8) is 0 Å². The molecular formula is C15H19NO2S2. The molecule has 0 saturated heterocycles. The number of benzene rings is 1. The smallest absolute Gasteiger partial charge is 0.207 e. The molecular weight excluding hydrogens is 290 g/mol. The molecule has 0 radical (unpaired) electrons. The lowest BCUT2D eigenvalue weighted by Gasteiger charge is -2.15. The minimum atomic E-state index is -3.50. The summed E-state index contributed by atoms with van der Waals surface area (Å²) in [6, 6.07) is 7.30. The summed E-state index contributed by atoms with van der Waals surface area (Å²) in [5.74, 6) is 0. The largest absolute Gasteiger partial charge is 0.241 e. The molecule has 0 fully saturated rings. The molecule has 0 spiro atoms. The Kier molecular flexibility index (Phi) is 4.32. The van der Waals surface area contributed by atoms with Gasteiger partial charge in [-0.15, -0.1) is 11.3 Å². The molecule has 0 saturated carbocycles. The standard InChI is InChI=1S/C15H19NO2S2/c1-10-8-12(3)15(9-11(10)2)20(17,18)16-13(4)14-6-5-7-19-14/h5-9,13,16H,1-4H3. The Bertz CT molecular complexity index is 704. The number of sulfonamides is 1. The lowest BCUT2D eigenvalue weighted by atomic mass is 10.1. The average Bonchev–Trinajstić information content (AvgIpc) is 2.86. The SMILES string of the molecule is Cc1cc(C)c(S(=O)(=O)NC(C)c2cccs2)cc1C. The molecule has 2 aromatic rings. The molecule has 3 nitrogen and oxygen atoms in total. The van der Waals surface area contributed by atoms with E-state index in [0.717, 1.165) is 21.6 Å². The average molecular weight is 309 g/mol. The summed E-state index contributed by atoms with van der Waals surface area (Å²) in [5, 5.41) is 1.95. The first-order chi connectivity index (χ1) is 9.31. The van der Waals surface area contributed by atoms with Gasteiger partial charge >= 0.3 is 0 Å². The van der Waals surface area contributed by atoms with Gasteiger partial charge < -0.3 is 0 Å². The minimum Gasteiger partial charge on any atom is -0.207 e. The predicted molar refractivity (Wildman–Crippen MR) is 83.7 cm³/mol. The highest BCUT2D eigenvalue weighted by Crippen LogP contribution is 2.24. The summed E-state index contributed by atoms with van der Waals surface area (Å²) in [6.45, 7) is 7.60. The molecule has 108 valence electrons. The Hall–Kier alpha value is -1.17. The zero-order valence-corrected chi connectivity index (χ0v) is 13.7. The van der Waals surface area contributed by atoms with Crippen molar-refractivity contribution < 1.29 is 8.42 Å². The monoisotopic (exact) mass is 309 g/mol. The Labute approximate surface area is 124 Å². The van der Waals surface area contributed by atoms with E-state index < -0.39 is 10.0 Å². The van der Waals surface area contributed by atoms with Crippen molar-refractivity contribution in [2.24, 2.45) is 0 Å². The number of hydrogen-bond donors (Lipinski definition) is 1. The normalized spacial score (nSPS) is 13.4. The van der Waals surface area contributed by atoms with Crippen molar-refractivity contribution in [2.45, 2.75) is 38.6 Å². The molecule has 0 amide bonds. The van der Waals surface area contributed by atoms with E-state index in [-0.39, 0.29) is 6.04 Å². The van der Waals surface area contributed by atoms with E-state index in [1.165, 1.54) is 0 Å². The second-order valence-electron chi connectivity index (χ2n) is 5.06. The van der Waals surface area contributed by atoms with E-state index in [2.05, 4.69) is 4.72 Å². The summed E-state index contributed by atoms with van der Waals surface area (Å²) in [4.78, 5) is 1.37. The van der Waals surface area contributed by atoms with Crippen molar-refractivity contribution in [1.82, 2.24) is 4.72 Å². The van der Waals surface area contributed by atoms with Gasteiger partial charge in [-0.2, -0.15) is 0 Å². The predicted octanol–water partition coefficient (Wildman–Crippen LogP) is 3.71. The fraction of sp³-hybridized carbons (Fsp3) is 0.333. The first kappa shape index (κ1) is 15.2. The van der Waals surface area contributed by atoms with Gasteiger partial charge in [0.05, 0.1) is 10.9 Å². The molecule has 1 aromatic heterocycles. The van der Waals surface area contributed by atoms with Crippen molar-refractivity contribution >= 4 is 21.4 Å². The maximum Gasteiger partial charge on any atom is 0.241 e. The van der Waals surface area contributed by atoms with Gasteiger partial charge in [0, 0.05) is 4.88 Å². The highest BCUT2D eigenvalue weighted by Gasteiger charge is 2.21. The van der Waals surface area contributed by atoms with Crippen LogP contribution in [-0.2, 0) is 10.0 Å². The van der Waals surface area contributed by atoms with Gasteiger partial charge in [-0.1, -0.05) is 12.1 Å². The van der Waals surface area contributed by atoms with E-state index in [4.69, 9.17) is 0 Å². The van der Waals surface area contributed by atoms with Crippen LogP contribution in [0, 0.1) is 20.8 Å². The second-order valence-corrected chi connectivity index (χ2v) is 7.72. The van der Waals surface area contributed by atoms with Crippen LogP contribution in [0.1, 0.15) is 34.5 Å². The molecule has 1 atom stereocenters. The van der Waals surface area contributed by atoms with Gasteiger partial charge in [-0.25, -0.2) is 13.1 Å². The number of hydrogen-bond acceptors (Lipinski definition) is 3. The summed E-state index contributed by atoms with van der Waals surface area (Å²) in [5.41, 5.74) is 2.87. The fourth-order valence-corrected chi connectivity index (χ4v) is 4.46. The first-order valence-corrected chi connectivity index (χ1v) is 8.81. The maximum absolute atomic E-state index is 12.5. The molecule has 0 aliphatic rings. The van der Waals surface area contributed by atoms with E-state index in [9.17, 15) is 8.42 Å². The molecule has 1 heterocycles. The number of aryl methyl sites for hydroxylation is 3. The third kappa shape index (κ3) is 3.11. The summed E-state index contributed by atoms with van der Waals surface area (Å²) < 4.78 is 27.8.